The van der Waals surface area contributed by atoms with E-state index in [-0.39, 0.29) is 13.2 Å². The molecule has 8 nitrogen and oxygen atoms in total. The Morgan fingerprint density at radius 2 is 1.02 bits per heavy atom. The van der Waals surface area contributed by atoms with Crippen LogP contribution in [0.3, 0.4) is 0 Å². The number of quaternary nitrogens is 1. The van der Waals surface area contributed by atoms with E-state index in [4.69, 9.17) is 9.47 Å². The van der Waals surface area contributed by atoms with Gasteiger partial charge in [-0.2, -0.15) is 0 Å². The van der Waals surface area contributed by atoms with Crippen LogP contribution in [-0.2, 0) is 9.47 Å². The van der Waals surface area contributed by atoms with Gasteiger partial charge in [0, 0.05) is 13.1 Å². The second-order valence-corrected chi connectivity index (χ2v) is 12.4. The molecule has 1 unspecified atom stereocenters. The van der Waals surface area contributed by atoms with E-state index >= 15 is 0 Å². The molecule has 0 aliphatic rings. The summed E-state index contributed by atoms with van der Waals surface area (Å²) in [5.74, 6) is 0. The largest absolute Gasteiger partial charge is 0.445 e. The minimum atomic E-state index is -0.590. The maximum Gasteiger partial charge on any atom is 0.407 e. The van der Waals surface area contributed by atoms with E-state index in [1.807, 2.05) is 14.1 Å². The normalized spacial score (nSPS) is 12.2. The molecule has 1 atom stereocenters. The molecular weight excluding hydrogens is 518 g/mol. The average Bonchev–Trinajstić information content (AvgIpc) is 2.93. The molecule has 8 heteroatoms. The number of carbonyl (C=O) groups excluding carboxylic acids is 2. The maximum absolute atomic E-state index is 12.4. The lowest BCUT2D eigenvalue weighted by Crippen LogP contribution is -2.50. The van der Waals surface area contributed by atoms with Crippen LogP contribution in [0.15, 0.2) is 0 Å². The topological polar surface area (TPSA) is 96.9 Å². The highest BCUT2D eigenvalue weighted by atomic mass is 16.6. The zero-order valence-electron chi connectivity index (χ0n) is 27.5. The van der Waals surface area contributed by atoms with E-state index in [1.54, 1.807) is 0 Å². The maximum atomic E-state index is 12.4. The van der Waals surface area contributed by atoms with E-state index in [1.165, 1.54) is 103 Å². The molecule has 0 saturated heterocycles. The smallest absolute Gasteiger partial charge is 0.407 e. The molecule has 0 aliphatic carbocycles. The number of rotatable bonds is 29. The Balaban J connectivity index is 4.13. The number of carbonyl (C=O) groups is 2. The number of alkyl carbamates (subject to hydrolysis) is 2. The Kier molecular flexibility index (Phi) is 27.5. The summed E-state index contributed by atoms with van der Waals surface area (Å²) in [7, 11) is 3.92. The Bertz CT molecular complexity index is 603. The summed E-state index contributed by atoms with van der Waals surface area (Å²) in [6.45, 7) is 6.64. The molecule has 0 aromatic rings. The summed E-state index contributed by atoms with van der Waals surface area (Å²) in [5, 5.41) is 15.0. The predicted octanol–water partition coefficient (Wildman–Crippen LogP) is 7.72. The molecule has 244 valence electrons. The highest BCUT2D eigenvalue weighted by Gasteiger charge is 2.26. The number of hydrogen-bond donors (Lipinski definition) is 3. The first-order valence-corrected chi connectivity index (χ1v) is 17.1. The number of unbranched alkanes of at least 4 members (excludes halogenated alkanes) is 18. The quantitative estimate of drug-likeness (QED) is 0.0616. The number of nitrogens with one attached hydrogen (secondary N) is 2. The first kappa shape index (κ1) is 39.5. The molecule has 0 bridgehead atoms. The number of aliphatic hydroxyl groups excluding tert-OH is 1. The summed E-state index contributed by atoms with van der Waals surface area (Å²) in [6.07, 6.45) is 23.4. The lowest BCUT2D eigenvalue weighted by Gasteiger charge is -2.32. The highest BCUT2D eigenvalue weighted by molar-refractivity contribution is 5.68. The van der Waals surface area contributed by atoms with Crippen LogP contribution in [-0.4, -0.2) is 81.4 Å². The van der Waals surface area contributed by atoms with Crippen LogP contribution in [0, 0.1) is 0 Å². The van der Waals surface area contributed by atoms with Gasteiger partial charge in [0.15, 0.2) is 6.10 Å². The molecule has 0 radical (unpaired) electrons. The third-order valence-corrected chi connectivity index (χ3v) is 7.68. The summed E-state index contributed by atoms with van der Waals surface area (Å²) < 4.78 is 11.5. The molecule has 0 spiro atoms. The highest BCUT2D eigenvalue weighted by Crippen LogP contribution is 2.11. The van der Waals surface area contributed by atoms with E-state index in [2.05, 4.69) is 24.5 Å². The van der Waals surface area contributed by atoms with Crippen molar-refractivity contribution in [2.45, 2.75) is 148 Å². The zero-order chi connectivity index (χ0) is 30.4. The van der Waals surface area contributed by atoms with E-state index in [0.29, 0.717) is 30.7 Å². The Hall–Kier alpha value is -1.54. The number of ether oxygens (including phenoxy) is 2. The van der Waals surface area contributed by atoms with E-state index < -0.39 is 18.3 Å². The summed E-state index contributed by atoms with van der Waals surface area (Å²) in [4.78, 5) is 24.7. The van der Waals surface area contributed by atoms with Crippen molar-refractivity contribution in [3.05, 3.63) is 0 Å². The van der Waals surface area contributed by atoms with Crippen LogP contribution < -0.4 is 10.6 Å². The van der Waals surface area contributed by atoms with Gasteiger partial charge in [-0.1, -0.05) is 129 Å². The van der Waals surface area contributed by atoms with Crippen molar-refractivity contribution in [1.82, 2.24) is 10.6 Å². The summed E-state index contributed by atoms with van der Waals surface area (Å²) in [6, 6.07) is 0. The molecule has 0 aromatic carbocycles. The van der Waals surface area contributed by atoms with Crippen LogP contribution in [0.25, 0.3) is 0 Å². The SMILES string of the molecule is CCCCCCCCCCCCNC(=O)OCC(C[N+](C)(C)CCO)OC(=O)NCCCCCCCCCCCC. The second-order valence-electron chi connectivity index (χ2n) is 12.4. The van der Waals surface area contributed by atoms with Gasteiger partial charge in [-0.05, 0) is 12.8 Å². The number of likely N-dealkylation sites (N-methyl/N-ethyl adjacent to an activating group) is 1. The van der Waals surface area contributed by atoms with Gasteiger partial charge >= 0.3 is 12.2 Å². The van der Waals surface area contributed by atoms with Gasteiger partial charge in [0.1, 0.15) is 19.7 Å². The van der Waals surface area contributed by atoms with Crippen molar-refractivity contribution in [2.24, 2.45) is 0 Å². The van der Waals surface area contributed by atoms with Crippen molar-refractivity contribution in [3.63, 3.8) is 0 Å². The first-order chi connectivity index (χ1) is 19.8. The van der Waals surface area contributed by atoms with Crippen LogP contribution in [0.2, 0.25) is 0 Å². The van der Waals surface area contributed by atoms with Crippen LogP contribution in [0.5, 0.6) is 0 Å². The van der Waals surface area contributed by atoms with Crippen LogP contribution in [0.4, 0.5) is 9.59 Å². The van der Waals surface area contributed by atoms with Crippen molar-refractivity contribution < 1.29 is 28.7 Å². The van der Waals surface area contributed by atoms with Gasteiger partial charge in [0.2, 0.25) is 0 Å². The van der Waals surface area contributed by atoms with Crippen molar-refractivity contribution in [2.75, 3.05) is 53.5 Å². The Morgan fingerprint density at radius 3 is 1.44 bits per heavy atom. The number of hydrogen-bond acceptors (Lipinski definition) is 5. The fraction of sp³-hybridized carbons (Fsp3) is 0.939. The fourth-order valence-electron chi connectivity index (χ4n) is 5.06. The molecular formula is C33H68N3O5+. The van der Waals surface area contributed by atoms with Gasteiger partial charge in [-0.25, -0.2) is 9.59 Å². The third kappa shape index (κ3) is 28.4. The van der Waals surface area contributed by atoms with Gasteiger partial charge < -0.3 is 29.7 Å². The minimum absolute atomic E-state index is 0.0113. The van der Waals surface area contributed by atoms with E-state index in [0.717, 1.165) is 25.7 Å². The molecule has 2 amide bonds. The number of nitrogens with zero attached hydrogens (tertiary/aromatic N) is 1. The molecule has 0 saturated carbocycles. The average molecular weight is 587 g/mol. The summed E-state index contributed by atoms with van der Waals surface area (Å²) >= 11 is 0. The molecule has 0 fully saturated rings. The van der Waals surface area contributed by atoms with Crippen molar-refractivity contribution >= 4 is 12.2 Å². The third-order valence-electron chi connectivity index (χ3n) is 7.68. The van der Waals surface area contributed by atoms with Gasteiger partial charge in [-0.3, -0.25) is 0 Å². The van der Waals surface area contributed by atoms with Crippen LogP contribution in [0.1, 0.15) is 142 Å². The molecule has 0 heterocycles. The van der Waals surface area contributed by atoms with Crippen molar-refractivity contribution in [3.8, 4) is 0 Å². The van der Waals surface area contributed by atoms with E-state index in [9.17, 15) is 14.7 Å². The minimum Gasteiger partial charge on any atom is -0.445 e. The standard InChI is InChI=1S/C33H67N3O5/c1-5-7-9-11-13-15-17-19-21-23-25-34-32(38)40-30-31(29-36(3,4)27-28-37)41-33(39)35-26-24-22-20-18-16-14-12-10-8-6-2/h31,37H,5-30H2,1-4H3,(H-,34,35,38,39)/p+1. The molecule has 0 rings (SSSR count). The van der Waals surface area contributed by atoms with Crippen LogP contribution >= 0.6 is 0 Å². The number of aliphatic hydroxyl groups is 1. The molecule has 0 aromatic heterocycles. The summed E-state index contributed by atoms with van der Waals surface area (Å²) in [5.41, 5.74) is 0. The fourth-order valence-corrected chi connectivity index (χ4v) is 5.06. The first-order valence-electron chi connectivity index (χ1n) is 17.1. The predicted molar refractivity (Wildman–Crippen MR) is 170 cm³/mol. The monoisotopic (exact) mass is 587 g/mol. The van der Waals surface area contributed by atoms with Gasteiger partial charge in [0.25, 0.3) is 0 Å². The Labute approximate surface area is 253 Å². The van der Waals surface area contributed by atoms with Crippen molar-refractivity contribution in [1.29, 1.82) is 0 Å². The number of amides is 2. The second kappa shape index (κ2) is 28.6. The lowest BCUT2D eigenvalue weighted by atomic mass is 10.1. The zero-order valence-corrected chi connectivity index (χ0v) is 27.5. The Morgan fingerprint density at radius 1 is 0.634 bits per heavy atom. The van der Waals surface area contributed by atoms with Gasteiger partial charge in [-0.15, -0.1) is 0 Å². The molecule has 0 aliphatic heterocycles. The molecule has 41 heavy (non-hydrogen) atoms. The van der Waals surface area contributed by atoms with Gasteiger partial charge in [0.05, 0.1) is 20.7 Å². The molecule has 3 N–H and O–H groups in total. The lowest BCUT2D eigenvalue weighted by molar-refractivity contribution is -0.893.